The highest BCUT2D eigenvalue weighted by atomic mass is 16.5. The molecule has 0 N–H and O–H groups in total. The zero-order valence-electron chi connectivity index (χ0n) is 16.3. The molecule has 2 nitrogen and oxygen atoms in total. The van der Waals surface area contributed by atoms with E-state index in [0.717, 1.165) is 61.4 Å². The molecule has 0 aromatic heterocycles. The van der Waals surface area contributed by atoms with Crippen LogP contribution < -0.4 is 0 Å². The first kappa shape index (κ1) is 16.1. The molecule has 1 aliphatic heterocycles. The fourth-order valence-electron chi connectivity index (χ4n) is 8.71. The molecule has 0 aromatic carbocycles. The minimum Gasteiger partial charge on any atom is -0.366 e. The van der Waals surface area contributed by atoms with Crippen LogP contribution in [0.5, 0.6) is 0 Å². The Morgan fingerprint density at radius 2 is 2.19 bits per heavy atom. The van der Waals surface area contributed by atoms with Gasteiger partial charge in [-0.05, 0) is 67.6 Å². The molecule has 1 heterocycles. The summed E-state index contributed by atoms with van der Waals surface area (Å²) in [5.41, 5.74) is 3.70. The Bertz CT molecular complexity index is 732. The maximum absolute atomic E-state index is 12.1. The molecular formula is C24H32O2. The largest absolute Gasteiger partial charge is 0.366 e. The second-order valence-corrected chi connectivity index (χ2v) is 10.4. The Balaban J connectivity index is 1.44. The molecule has 0 unspecified atom stereocenters. The lowest BCUT2D eigenvalue weighted by atomic mass is 9.48. The van der Waals surface area contributed by atoms with Gasteiger partial charge in [0.15, 0.2) is 0 Å². The fourth-order valence-corrected chi connectivity index (χ4v) is 8.71. The maximum Gasteiger partial charge on any atom is 0.137 e. The Hall–Kier alpha value is -0.890. The normalized spacial score (nSPS) is 54.2. The van der Waals surface area contributed by atoms with E-state index in [-0.39, 0.29) is 5.60 Å². The predicted octanol–water partition coefficient (Wildman–Crippen LogP) is 5.09. The highest BCUT2D eigenvalue weighted by molar-refractivity contribution is 5.82. The van der Waals surface area contributed by atoms with Gasteiger partial charge in [0.1, 0.15) is 5.78 Å². The second-order valence-electron chi connectivity index (χ2n) is 10.4. The zero-order valence-corrected chi connectivity index (χ0v) is 16.3. The Morgan fingerprint density at radius 1 is 1.31 bits per heavy atom. The molecule has 0 radical (unpaired) electrons. The quantitative estimate of drug-likeness (QED) is 0.615. The number of carbonyl (C=O) groups excluding carboxylic acids is 1. The van der Waals surface area contributed by atoms with Crippen molar-refractivity contribution in [2.24, 2.45) is 40.9 Å². The van der Waals surface area contributed by atoms with E-state index in [1.165, 1.54) is 32.1 Å². The standard InChI is InChI=1S/C24H32O2/c1-3-14-11-15-12-16(25)5-6-17(15)18-7-9-23(2)22(21(14)18)19-13-20(19)24(23)8-4-10-26-24/h4,8,14,18-22H,3,5-7,9-13H2,1-2H3/t14-,18+,19-,20+,21+,22-,23-,24-/m0/s1. The molecular weight excluding hydrogens is 320 g/mol. The first-order valence-corrected chi connectivity index (χ1v) is 11.1. The Labute approximate surface area is 157 Å². The zero-order chi connectivity index (χ0) is 17.7. The van der Waals surface area contributed by atoms with Crippen LogP contribution in [0.15, 0.2) is 23.3 Å². The van der Waals surface area contributed by atoms with Crippen molar-refractivity contribution in [2.45, 2.75) is 70.8 Å². The summed E-state index contributed by atoms with van der Waals surface area (Å²) in [7, 11) is 0. The number of carbonyl (C=O) groups is 1. The van der Waals surface area contributed by atoms with E-state index in [1.54, 1.807) is 11.1 Å². The van der Waals surface area contributed by atoms with Gasteiger partial charge in [-0.15, -0.1) is 0 Å². The van der Waals surface area contributed by atoms with Crippen molar-refractivity contribution in [1.82, 2.24) is 0 Å². The number of ketones is 1. The molecule has 0 aromatic rings. The Kier molecular flexibility index (Phi) is 3.18. The van der Waals surface area contributed by atoms with Gasteiger partial charge in [0, 0.05) is 18.3 Å². The van der Waals surface area contributed by atoms with Crippen LogP contribution in [-0.2, 0) is 9.53 Å². The molecule has 26 heavy (non-hydrogen) atoms. The van der Waals surface area contributed by atoms with E-state index in [1.807, 2.05) is 0 Å². The monoisotopic (exact) mass is 352 g/mol. The molecule has 0 amide bonds. The van der Waals surface area contributed by atoms with Crippen molar-refractivity contribution >= 4 is 5.78 Å². The van der Waals surface area contributed by atoms with Crippen molar-refractivity contribution in [3.05, 3.63) is 23.3 Å². The van der Waals surface area contributed by atoms with Gasteiger partial charge < -0.3 is 4.74 Å². The SMILES string of the molecule is CC[C@H]1CC2=C(CCC(=O)C2)[C@H]2CC[C@@]3(C)[C@@H]([C@H]4C[C@H]4[C@@]34C=CCO4)[C@H]12. The second kappa shape index (κ2) is 5.13. The number of rotatable bonds is 1. The molecule has 6 aliphatic rings. The van der Waals surface area contributed by atoms with Crippen molar-refractivity contribution in [1.29, 1.82) is 0 Å². The van der Waals surface area contributed by atoms with Crippen molar-refractivity contribution in [2.75, 3.05) is 6.61 Å². The highest BCUT2D eigenvalue weighted by Gasteiger charge is 2.76. The van der Waals surface area contributed by atoms with Gasteiger partial charge in [-0.1, -0.05) is 43.6 Å². The summed E-state index contributed by atoms with van der Waals surface area (Å²) >= 11 is 0. The van der Waals surface area contributed by atoms with Gasteiger partial charge in [-0.2, -0.15) is 0 Å². The average Bonchev–Trinajstić information content (AvgIpc) is 3.20. The molecule has 8 atom stereocenters. The molecule has 5 aliphatic carbocycles. The van der Waals surface area contributed by atoms with Gasteiger partial charge in [-0.25, -0.2) is 0 Å². The van der Waals surface area contributed by atoms with Crippen LogP contribution in [0.3, 0.4) is 0 Å². The third kappa shape index (κ3) is 1.76. The summed E-state index contributed by atoms with van der Waals surface area (Å²) in [6, 6.07) is 0. The number of fused-ring (bicyclic) bond motifs is 8. The van der Waals surface area contributed by atoms with E-state index in [4.69, 9.17) is 4.74 Å². The molecule has 6 rings (SSSR count). The van der Waals surface area contributed by atoms with Gasteiger partial charge >= 0.3 is 0 Å². The van der Waals surface area contributed by atoms with Crippen LogP contribution in [0.1, 0.15) is 65.2 Å². The molecule has 140 valence electrons. The van der Waals surface area contributed by atoms with E-state index in [0.29, 0.717) is 11.2 Å². The first-order chi connectivity index (χ1) is 12.6. The van der Waals surface area contributed by atoms with Crippen LogP contribution in [0.25, 0.3) is 0 Å². The summed E-state index contributed by atoms with van der Waals surface area (Å²) in [5.74, 6) is 5.42. The first-order valence-electron chi connectivity index (χ1n) is 11.1. The third-order valence-corrected chi connectivity index (χ3v) is 9.68. The van der Waals surface area contributed by atoms with Crippen molar-refractivity contribution in [3.63, 3.8) is 0 Å². The van der Waals surface area contributed by atoms with Crippen molar-refractivity contribution in [3.8, 4) is 0 Å². The average molecular weight is 353 g/mol. The molecule has 2 heteroatoms. The topological polar surface area (TPSA) is 26.3 Å². The van der Waals surface area contributed by atoms with Gasteiger partial charge in [0.05, 0.1) is 12.2 Å². The number of hydrogen-bond donors (Lipinski definition) is 0. The van der Waals surface area contributed by atoms with Crippen LogP contribution in [0.2, 0.25) is 0 Å². The lowest BCUT2D eigenvalue weighted by Gasteiger charge is -2.58. The Morgan fingerprint density at radius 3 is 2.96 bits per heavy atom. The van der Waals surface area contributed by atoms with E-state index in [2.05, 4.69) is 26.0 Å². The molecule has 0 saturated heterocycles. The number of hydrogen-bond acceptors (Lipinski definition) is 2. The smallest absolute Gasteiger partial charge is 0.137 e. The van der Waals surface area contributed by atoms with Crippen LogP contribution in [0.4, 0.5) is 0 Å². The van der Waals surface area contributed by atoms with Gasteiger partial charge in [-0.3, -0.25) is 4.79 Å². The summed E-state index contributed by atoms with van der Waals surface area (Å²) < 4.78 is 6.53. The van der Waals surface area contributed by atoms with Crippen LogP contribution in [0, 0.1) is 40.9 Å². The minimum absolute atomic E-state index is 0.0583. The van der Waals surface area contributed by atoms with E-state index in [9.17, 15) is 4.79 Å². The molecule has 1 spiro atoms. The predicted molar refractivity (Wildman–Crippen MR) is 102 cm³/mol. The summed E-state index contributed by atoms with van der Waals surface area (Å²) in [6.45, 7) is 5.80. The summed E-state index contributed by atoms with van der Waals surface area (Å²) in [4.78, 5) is 12.1. The lowest BCUT2D eigenvalue weighted by Crippen LogP contribution is -2.55. The maximum atomic E-state index is 12.1. The molecule has 3 fully saturated rings. The number of Topliss-reactive ketones (excluding diaryl/α,β-unsaturated/α-hetero) is 1. The fraction of sp³-hybridized carbons (Fsp3) is 0.792. The highest BCUT2D eigenvalue weighted by Crippen LogP contribution is 2.77. The number of allylic oxidation sites excluding steroid dienone is 2. The third-order valence-electron chi connectivity index (χ3n) is 9.68. The van der Waals surface area contributed by atoms with Gasteiger partial charge in [0.25, 0.3) is 0 Å². The van der Waals surface area contributed by atoms with Crippen LogP contribution >= 0.6 is 0 Å². The van der Waals surface area contributed by atoms with E-state index >= 15 is 0 Å². The van der Waals surface area contributed by atoms with Crippen LogP contribution in [-0.4, -0.2) is 18.0 Å². The summed E-state index contributed by atoms with van der Waals surface area (Å²) in [6.07, 6.45) is 14.0. The lowest BCUT2D eigenvalue weighted by molar-refractivity contribution is -0.130. The van der Waals surface area contributed by atoms with Gasteiger partial charge in [0.2, 0.25) is 0 Å². The summed E-state index contributed by atoms with van der Waals surface area (Å²) in [5, 5.41) is 0. The van der Waals surface area contributed by atoms with Crippen molar-refractivity contribution < 1.29 is 9.53 Å². The van der Waals surface area contributed by atoms with E-state index < -0.39 is 0 Å². The molecule has 0 bridgehead atoms. The number of ether oxygens (including phenoxy) is 1. The molecule has 3 saturated carbocycles. The minimum atomic E-state index is 0.0583.